The molecule has 1 unspecified atom stereocenters. The molecule has 0 bridgehead atoms. The normalized spacial score (nSPS) is 12.2. The van der Waals surface area contributed by atoms with Gasteiger partial charge in [0, 0.05) is 0 Å². The summed E-state index contributed by atoms with van der Waals surface area (Å²) in [7, 11) is 0. The van der Waals surface area contributed by atoms with E-state index in [1.165, 1.54) is 76.7 Å². The first-order chi connectivity index (χ1) is 14.6. The number of carboxylic acids is 1. The molecular formula is C26H46O4. The molecule has 4 nitrogen and oxygen atoms in total. The maximum absolute atomic E-state index is 11.9. The van der Waals surface area contributed by atoms with Crippen LogP contribution in [0.5, 0.6) is 0 Å². The lowest BCUT2D eigenvalue weighted by molar-refractivity contribution is -0.152. The Hall–Kier alpha value is -1.58. The van der Waals surface area contributed by atoms with E-state index in [-0.39, 0.29) is 13.0 Å². The summed E-state index contributed by atoms with van der Waals surface area (Å²) in [5.41, 5.74) is 0. The molecule has 30 heavy (non-hydrogen) atoms. The largest absolute Gasteiger partial charge is 0.481 e. The molecule has 0 saturated heterocycles. The summed E-state index contributed by atoms with van der Waals surface area (Å²) in [5, 5.41) is 8.96. The SMILES string of the molecule is C=CCOC(=O)C(CCCCC/C=C/CCCCCCCCCCCC)CC(=O)O. The third-order valence-electron chi connectivity index (χ3n) is 5.41. The van der Waals surface area contributed by atoms with Crippen molar-refractivity contribution < 1.29 is 19.4 Å². The third-order valence-corrected chi connectivity index (χ3v) is 5.41. The van der Waals surface area contributed by atoms with Crippen LogP contribution in [0.4, 0.5) is 0 Å². The molecule has 0 amide bonds. The number of esters is 1. The van der Waals surface area contributed by atoms with Crippen molar-refractivity contribution in [2.45, 2.75) is 116 Å². The number of allylic oxidation sites excluding steroid dienone is 2. The highest BCUT2D eigenvalue weighted by Crippen LogP contribution is 2.17. The van der Waals surface area contributed by atoms with Gasteiger partial charge in [0.25, 0.3) is 0 Å². The van der Waals surface area contributed by atoms with Crippen molar-refractivity contribution >= 4 is 11.9 Å². The van der Waals surface area contributed by atoms with Crippen LogP contribution in [0.15, 0.2) is 24.8 Å². The van der Waals surface area contributed by atoms with Crippen LogP contribution in [-0.4, -0.2) is 23.7 Å². The number of ether oxygens (including phenoxy) is 1. The quantitative estimate of drug-likeness (QED) is 0.111. The molecule has 0 aliphatic rings. The van der Waals surface area contributed by atoms with Gasteiger partial charge in [-0.05, 0) is 32.1 Å². The van der Waals surface area contributed by atoms with Crippen molar-refractivity contribution in [3.05, 3.63) is 24.8 Å². The summed E-state index contributed by atoms with van der Waals surface area (Å²) >= 11 is 0. The predicted octanol–water partition coefficient (Wildman–Crippen LogP) is 7.62. The molecule has 0 radical (unpaired) electrons. The molecule has 0 aliphatic carbocycles. The van der Waals surface area contributed by atoms with E-state index in [2.05, 4.69) is 25.7 Å². The van der Waals surface area contributed by atoms with Gasteiger partial charge in [0.2, 0.25) is 0 Å². The average molecular weight is 423 g/mol. The monoisotopic (exact) mass is 422 g/mol. The van der Waals surface area contributed by atoms with E-state index in [1.807, 2.05) is 0 Å². The minimum atomic E-state index is -0.953. The standard InChI is InChI=1S/C26H46O4/c1-3-5-6-7-8-9-10-11-12-13-14-15-16-17-18-19-20-21-24(23-25(27)28)26(29)30-22-4-2/h4,15-16,24H,2-3,5-14,17-23H2,1H3,(H,27,28)/b16-15+. The number of aliphatic carboxylic acids is 1. The fraction of sp³-hybridized carbons (Fsp3) is 0.769. The number of carboxylic acid groups (broad SMARTS) is 1. The number of hydrogen-bond acceptors (Lipinski definition) is 3. The highest BCUT2D eigenvalue weighted by atomic mass is 16.5. The van der Waals surface area contributed by atoms with Crippen LogP contribution < -0.4 is 0 Å². The number of rotatable bonds is 22. The molecule has 1 atom stereocenters. The minimum Gasteiger partial charge on any atom is -0.481 e. The Kier molecular flexibility index (Phi) is 20.9. The van der Waals surface area contributed by atoms with E-state index in [0.29, 0.717) is 6.42 Å². The minimum absolute atomic E-state index is 0.138. The second-order valence-electron chi connectivity index (χ2n) is 8.29. The highest BCUT2D eigenvalue weighted by molar-refractivity contribution is 5.79. The second-order valence-corrected chi connectivity index (χ2v) is 8.29. The van der Waals surface area contributed by atoms with Crippen LogP contribution in [0.25, 0.3) is 0 Å². The van der Waals surface area contributed by atoms with Gasteiger partial charge in [-0.3, -0.25) is 9.59 Å². The highest BCUT2D eigenvalue weighted by Gasteiger charge is 2.22. The van der Waals surface area contributed by atoms with Crippen molar-refractivity contribution in [3.63, 3.8) is 0 Å². The van der Waals surface area contributed by atoms with Crippen molar-refractivity contribution in [1.29, 1.82) is 0 Å². The molecule has 0 fully saturated rings. The van der Waals surface area contributed by atoms with Crippen LogP contribution >= 0.6 is 0 Å². The Balaban J connectivity index is 3.57. The van der Waals surface area contributed by atoms with Gasteiger partial charge in [0.15, 0.2) is 0 Å². The Morgan fingerprint density at radius 3 is 1.83 bits per heavy atom. The van der Waals surface area contributed by atoms with Gasteiger partial charge in [-0.2, -0.15) is 0 Å². The Morgan fingerprint density at radius 2 is 1.33 bits per heavy atom. The number of carbonyl (C=O) groups is 2. The lowest BCUT2D eigenvalue weighted by Crippen LogP contribution is -2.21. The lowest BCUT2D eigenvalue weighted by Gasteiger charge is -2.13. The zero-order valence-corrected chi connectivity index (χ0v) is 19.4. The molecule has 174 valence electrons. The Labute approximate surface area is 185 Å². The molecule has 0 aromatic heterocycles. The number of carbonyl (C=O) groups excluding carboxylic acids is 1. The van der Waals surface area contributed by atoms with Gasteiger partial charge in [0.05, 0.1) is 12.3 Å². The van der Waals surface area contributed by atoms with Gasteiger partial charge in [-0.25, -0.2) is 0 Å². The van der Waals surface area contributed by atoms with Crippen molar-refractivity contribution in [1.82, 2.24) is 0 Å². The van der Waals surface area contributed by atoms with Crippen molar-refractivity contribution in [2.24, 2.45) is 5.92 Å². The Morgan fingerprint density at radius 1 is 0.833 bits per heavy atom. The summed E-state index contributed by atoms with van der Waals surface area (Å²) in [4.78, 5) is 22.8. The molecule has 0 aromatic carbocycles. The fourth-order valence-corrected chi connectivity index (χ4v) is 3.59. The number of unbranched alkanes of at least 4 members (excludes halogenated alkanes) is 13. The molecular weight excluding hydrogens is 376 g/mol. The molecule has 0 saturated carbocycles. The summed E-state index contributed by atoms with van der Waals surface area (Å²) in [6.07, 6.45) is 25.4. The first kappa shape index (κ1) is 28.4. The van der Waals surface area contributed by atoms with Crippen LogP contribution in [0.2, 0.25) is 0 Å². The van der Waals surface area contributed by atoms with Crippen LogP contribution in [0.3, 0.4) is 0 Å². The van der Waals surface area contributed by atoms with Gasteiger partial charge in [-0.1, -0.05) is 102 Å². The van der Waals surface area contributed by atoms with E-state index >= 15 is 0 Å². The molecule has 0 aliphatic heterocycles. The van der Waals surface area contributed by atoms with Gasteiger partial charge < -0.3 is 9.84 Å². The smallest absolute Gasteiger partial charge is 0.309 e. The van der Waals surface area contributed by atoms with E-state index in [9.17, 15) is 9.59 Å². The molecule has 0 aromatic rings. The first-order valence-corrected chi connectivity index (χ1v) is 12.3. The molecule has 0 heterocycles. The maximum atomic E-state index is 11.9. The summed E-state index contributed by atoms with van der Waals surface area (Å²) in [5.74, 6) is -1.92. The van der Waals surface area contributed by atoms with Crippen LogP contribution in [0, 0.1) is 5.92 Å². The van der Waals surface area contributed by atoms with Crippen LogP contribution in [-0.2, 0) is 14.3 Å². The Bertz CT molecular complexity index is 456. The second kappa shape index (κ2) is 22.1. The summed E-state index contributed by atoms with van der Waals surface area (Å²) in [6.45, 7) is 5.91. The zero-order chi connectivity index (χ0) is 22.3. The third kappa shape index (κ3) is 19.7. The van der Waals surface area contributed by atoms with Gasteiger partial charge in [-0.15, -0.1) is 0 Å². The van der Waals surface area contributed by atoms with Crippen molar-refractivity contribution in [3.8, 4) is 0 Å². The number of hydrogen-bond donors (Lipinski definition) is 1. The van der Waals surface area contributed by atoms with Gasteiger partial charge >= 0.3 is 11.9 Å². The van der Waals surface area contributed by atoms with E-state index in [4.69, 9.17) is 9.84 Å². The van der Waals surface area contributed by atoms with Crippen molar-refractivity contribution in [2.75, 3.05) is 6.61 Å². The van der Waals surface area contributed by atoms with E-state index in [1.54, 1.807) is 0 Å². The first-order valence-electron chi connectivity index (χ1n) is 12.3. The van der Waals surface area contributed by atoms with Crippen LogP contribution in [0.1, 0.15) is 116 Å². The summed E-state index contributed by atoms with van der Waals surface area (Å²) < 4.78 is 5.01. The topological polar surface area (TPSA) is 63.6 Å². The molecule has 0 rings (SSSR count). The zero-order valence-electron chi connectivity index (χ0n) is 19.4. The average Bonchev–Trinajstić information content (AvgIpc) is 2.73. The molecule has 0 spiro atoms. The van der Waals surface area contributed by atoms with E-state index in [0.717, 1.165) is 25.7 Å². The fourth-order valence-electron chi connectivity index (χ4n) is 3.59. The molecule has 1 N–H and O–H groups in total. The maximum Gasteiger partial charge on any atom is 0.309 e. The lowest BCUT2D eigenvalue weighted by atomic mass is 9.97. The van der Waals surface area contributed by atoms with E-state index < -0.39 is 17.9 Å². The predicted molar refractivity (Wildman–Crippen MR) is 126 cm³/mol. The summed E-state index contributed by atoms with van der Waals surface area (Å²) in [6, 6.07) is 0. The van der Waals surface area contributed by atoms with Gasteiger partial charge in [0.1, 0.15) is 6.61 Å². The molecule has 4 heteroatoms.